The summed E-state index contributed by atoms with van der Waals surface area (Å²) >= 11 is 0. The van der Waals surface area contributed by atoms with Crippen molar-refractivity contribution in [3.8, 4) is 5.75 Å². The fourth-order valence-corrected chi connectivity index (χ4v) is 3.01. The van der Waals surface area contributed by atoms with E-state index in [0.29, 0.717) is 5.78 Å². The van der Waals surface area contributed by atoms with Gasteiger partial charge in [0, 0.05) is 18.4 Å². The van der Waals surface area contributed by atoms with Crippen LogP contribution in [0.25, 0.3) is 6.08 Å². The molecule has 18 heavy (non-hydrogen) atoms. The molecule has 0 saturated heterocycles. The zero-order valence-electron chi connectivity index (χ0n) is 10.7. The summed E-state index contributed by atoms with van der Waals surface area (Å²) in [5.74, 6) is 1.39. The van der Waals surface area contributed by atoms with Crippen molar-refractivity contribution in [2.75, 3.05) is 0 Å². The van der Waals surface area contributed by atoms with Gasteiger partial charge in [-0.1, -0.05) is 29.8 Å². The lowest BCUT2D eigenvalue weighted by molar-refractivity contribution is -0.123. The number of carbonyl (C=O) groups is 1. The van der Waals surface area contributed by atoms with E-state index in [-0.39, 0.29) is 12.0 Å². The average Bonchev–Trinajstić information content (AvgIpc) is 2.69. The second-order valence-corrected chi connectivity index (χ2v) is 5.35. The van der Waals surface area contributed by atoms with Gasteiger partial charge in [-0.05, 0) is 25.8 Å². The standard InChI is InChI=1S/C16H18O2/c1-11-9-12-5-2-3-8-15(12)18-16(10-11)13-6-4-7-14(13)17/h2-3,5,8-9,13,16H,4,6-7,10H2,1H3. The van der Waals surface area contributed by atoms with E-state index in [1.165, 1.54) is 5.57 Å². The van der Waals surface area contributed by atoms with Gasteiger partial charge in [-0.25, -0.2) is 0 Å². The molecule has 0 N–H and O–H groups in total. The molecule has 1 heterocycles. The van der Waals surface area contributed by atoms with Crippen LogP contribution >= 0.6 is 0 Å². The molecule has 0 bridgehead atoms. The van der Waals surface area contributed by atoms with Gasteiger partial charge in [0.25, 0.3) is 0 Å². The maximum Gasteiger partial charge on any atom is 0.139 e. The molecule has 1 saturated carbocycles. The van der Waals surface area contributed by atoms with Gasteiger partial charge in [0.15, 0.2) is 0 Å². The molecule has 0 amide bonds. The van der Waals surface area contributed by atoms with Crippen molar-refractivity contribution in [2.24, 2.45) is 5.92 Å². The monoisotopic (exact) mass is 242 g/mol. The molecule has 0 spiro atoms. The van der Waals surface area contributed by atoms with Gasteiger partial charge in [0.2, 0.25) is 0 Å². The summed E-state index contributed by atoms with van der Waals surface area (Å²) in [6, 6.07) is 8.07. The molecule has 2 aliphatic rings. The Morgan fingerprint density at radius 2 is 2.11 bits per heavy atom. The number of rotatable bonds is 1. The third-order valence-electron chi connectivity index (χ3n) is 3.92. The number of carbonyl (C=O) groups excluding carboxylic acids is 1. The van der Waals surface area contributed by atoms with Gasteiger partial charge < -0.3 is 4.74 Å². The van der Waals surface area contributed by atoms with Gasteiger partial charge in [-0.3, -0.25) is 4.79 Å². The van der Waals surface area contributed by atoms with Crippen LogP contribution < -0.4 is 4.74 Å². The minimum absolute atomic E-state index is 0.0277. The van der Waals surface area contributed by atoms with Crippen molar-refractivity contribution in [2.45, 2.75) is 38.7 Å². The van der Waals surface area contributed by atoms with E-state index < -0.39 is 0 Å². The molecular formula is C16H18O2. The van der Waals surface area contributed by atoms with Crippen LogP contribution in [-0.4, -0.2) is 11.9 Å². The predicted octanol–water partition coefficient (Wildman–Crippen LogP) is 3.61. The fourth-order valence-electron chi connectivity index (χ4n) is 3.01. The lowest BCUT2D eigenvalue weighted by atomic mass is 9.94. The smallest absolute Gasteiger partial charge is 0.139 e. The lowest BCUT2D eigenvalue weighted by Crippen LogP contribution is -2.29. The molecule has 2 nitrogen and oxygen atoms in total. The number of para-hydroxylation sites is 1. The van der Waals surface area contributed by atoms with Crippen LogP contribution in [0.1, 0.15) is 38.2 Å². The Balaban J connectivity index is 1.92. The maximum atomic E-state index is 11.9. The first-order valence-corrected chi connectivity index (χ1v) is 6.69. The van der Waals surface area contributed by atoms with Gasteiger partial charge in [0.1, 0.15) is 17.6 Å². The Labute approximate surface area is 108 Å². The van der Waals surface area contributed by atoms with Crippen LogP contribution in [0.5, 0.6) is 5.75 Å². The van der Waals surface area contributed by atoms with Crippen molar-refractivity contribution < 1.29 is 9.53 Å². The highest BCUT2D eigenvalue weighted by atomic mass is 16.5. The summed E-state index contributed by atoms with van der Waals surface area (Å²) in [7, 11) is 0. The molecule has 1 aliphatic heterocycles. The van der Waals surface area contributed by atoms with E-state index in [0.717, 1.165) is 37.0 Å². The molecule has 1 aromatic rings. The van der Waals surface area contributed by atoms with E-state index >= 15 is 0 Å². The largest absolute Gasteiger partial charge is 0.489 e. The maximum absolute atomic E-state index is 11.9. The minimum atomic E-state index is 0.0277. The number of ether oxygens (including phenoxy) is 1. The molecule has 1 fully saturated rings. The fraction of sp³-hybridized carbons (Fsp3) is 0.438. The van der Waals surface area contributed by atoms with E-state index in [1.807, 2.05) is 18.2 Å². The number of ketones is 1. The highest BCUT2D eigenvalue weighted by Crippen LogP contribution is 2.35. The molecule has 0 aromatic heterocycles. The molecule has 94 valence electrons. The second-order valence-electron chi connectivity index (χ2n) is 5.35. The quantitative estimate of drug-likeness (QED) is 0.752. The number of fused-ring (bicyclic) bond motifs is 1. The SMILES string of the molecule is CC1=Cc2ccccc2OC(C2CCCC2=O)C1. The van der Waals surface area contributed by atoms with E-state index in [1.54, 1.807) is 0 Å². The number of benzene rings is 1. The van der Waals surface area contributed by atoms with E-state index in [9.17, 15) is 4.79 Å². The normalized spacial score (nSPS) is 27.2. The molecular weight excluding hydrogens is 224 g/mol. The topological polar surface area (TPSA) is 26.3 Å². The summed E-state index contributed by atoms with van der Waals surface area (Å²) in [5, 5.41) is 0. The van der Waals surface area contributed by atoms with Gasteiger partial charge >= 0.3 is 0 Å². The summed E-state index contributed by atoms with van der Waals surface area (Å²) < 4.78 is 6.11. The van der Waals surface area contributed by atoms with Crippen molar-refractivity contribution in [1.82, 2.24) is 0 Å². The first-order chi connectivity index (χ1) is 8.74. The third kappa shape index (κ3) is 2.07. The average molecular weight is 242 g/mol. The molecule has 1 aromatic carbocycles. The van der Waals surface area contributed by atoms with Gasteiger partial charge in [-0.2, -0.15) is 0 Å². The molecule has 0 radical (unpaired) electrons. The minimum Gasteiger partial charge on any atom is -0.489 e. The molecule has 2 heteroatoms. The number of Topliss-reactive ketones (excluding diaryl/α,β-unsaturated/α-hetero) is 1. The summed E-state index contributed by atoms with van der Waals surface area (Å²) in [6.07, 6.45) is 5.81. The third-order valence-corrected chi connectivity index (χ3v) is 3.92. The zero-order chi connectivity index (χ0) is 12.5. The van der Waals surface area contributed by atoms with Crippen molar-refractivity contribution in [3.05, 3.63) is 35.4 Å². The van der Waals surface area contributed by atoms with Crippen LogP contribution in [-0.2, 0) is 4.79 Å². The van der Waals surface area contributed by atoms with Gasteiger partial charge in [0.05, 0.1) is 5.92 Å². The summed E-state index contributed by atoms with van der Waals surface area (Å²) in [4.78, 5) is 11.9. The van der Waals surface area contributed by atoms with Crippen molar-refractivity contribution >= 4 is 11.9 Å². The number of hydrogen-bond donors (Lipinski definition) is 0. The zero-order valence-corrected chi connectivity index (χ0v) is 10.7. The van der Waals surface area contributed by atoms with Crippen molar-refractivity contribution in [3.63, 3.8) is 0 Å². The second kappa shape index (κ2) is 4.60. The van der Waals surface area contributed by atoms with E-state index in [4.69, 9.17) is 4.74 Å². The predicted molar refractivity (Wildman–Crippen MR) is 71.5 cm³/mol. The van der Waals surface area contributed by atoms with Crippen LogP contribution in [0.15, 0.2) is 29.8 Å². The Bertz CT molecular complexity index is 502. The Kier molecular flexibility index (Phi) is 2.94. The summed E-state index contributed by atoms with van der Waals surface area (Å²) in [6.45, 7) is 2.12. The molecule has 1 aliphatic carbocycles. The Hall–Kier alpha value is -1.57. The molecule has 2 unspecified atom stereocenters. The van der Waals surface area contributed by atoms with Crippen LogP contribution in [0, 0.1) is 5.92 Å². The highest BCUT2D eigenvalue weighted by molar-refractivity contribution is 5.83. The highest BCUT2D eigenvalue weighted by Gasteiger charge is 2.34. The first kappa shape index (κ1) is 11.5. The number of hydrogen-bond acceptors (Lipinski definition) is 2. The van der Waals surface area contributed by atoms with Crippen molar-refractivity contribution in [1.29, 1.82) is 0 Å². The Morgan fingerprint density at radius 1 is 1.28 bits per heavy atom. The van der Waals surface area contributed by atoms with Crippen LogP contribution in [0.4, 0.5) is 0 Å². The summed E-state index contributed by atoms with van der Waals surface area (Å²) in [5.41, 5.74) is 2.42. The Morgan fingerprint density at radius 3 is 2.89 bits per heavy atom. The molecule has 3 rings (SSSR count). The van der Waals surface area contributed by atoms with E-state index in [2.05, 4.69) is 19.1 Å². The van der Waals surface area contributed by atoms with Gasteiger partial charge in [-0.15, -0.1) is 0 Å². The van der Waals surface area contributed by atoms with Crippen LogP contribution in [0.3, 0.4) is 0 Å². The first-order valence-electron chi connectivity index (χ1n) is 6.69. The lowest BCUT2D eigenvalue weighted by Gasteiger charge is -2.23. The van der Waals surface area contributed by atoms with Crippen LogP contribution in [0.2, 0.25) is 0 Å². The molecule has 2 atom stereocenters.